The van der Waals surface area contributed by atoms with Gasteiger partial charge in [-0.25, -0.2) is 8.78 Å². The summed E-state index contributed by atoms with van der Waals surface area (Å²) in [6, 6.07) is 10.9. The SMILES string of the molecule is Cc1c(C(=O)NCCN2CCC(F)(F)C2)ccc2c1=CC=C(CCC1CCC(=CC(=O)c3ccc(Cl)cc3)C1)C(C)CC=2. The lowest BCUT2D eigenvalue weighted by Gasteiger charge is -2.18. The molecule has 7 heteroatoms. The summed E-state index contributed by atoms with van der Waals surface area (Å²) in [4.78, 5) is 27.4. The summed E-state index contributed by atoms with van der Waals surface area (Å²) in [6.45, 7) is 5.15. The van der Waals surface area contributed by atoms with E-state index in [4.69, 9.17) is 11.6 Å². The minimum Gasteiger partial charge on any atom is -0.351 e. The number of allylic oxidation sites excluding steroid dienone is 4. The van der Waals surface area contributed by atoms with Crippen LogP contribution in [0, 0.1) is 18.8 Å². The first-order valence-corrected chi connectivity index (χ1v) is 15.8. The molecule has 2 aliphatic carbocycles. The molecule has 3 aliphatic rings. The number of carbonyl (C=O) groups is 2. The predicted molar refractivity (Wildman–Crippen MR) is 170 cm³/mol. The van der Waals surface area contributed by atoms with E-state index in [1.807, 2.05) is 25.1 Å². The zero-order valence-corrected chi connectivity index (χ0v) is 25.9. The van der Waals surface area contributed by atoms with E-state index in [2.05, 4.69) is 30.5 Å². The summed E-state index contributed by atoms with van der Waals surface area (Å²) >= 11 is 5.96. The van der Waals surface area contributed by atoms with Gasteiger partial charge in [-0.15, -0.1) is 0 Å². The van der Waals surface area contributed by atoms with Gasteiger partial charge in [0, 0.05) is 42.2 Å². The number of likely N-dealkylation sites (tertiary alicyclic amines) is 1. The van der Waals surface area contributed by atoms with E-state index in [1.54, 1.807) is 29.2 Å². The number of carbonyl (C=O) groups excluding carboxylic acids is 2. The average Bonchev–Trinajstić information content (AvgIpc) is 3.56. The molecule has 0 aromatic heterocycles. The van der Waals surface area contributed by atoms with Crippen LogP contribution in [0.25, 0.3) is 12.2 Å². The van der Waals surface area contributed by atoms with Gasteiger partial charge in [0.05, 0.1) is 6.54 Å². The third-order valence-corrected chi connectivity index (χ3v) is 9.53. The van der Waals surface area contributed by atoms with Gasteiger partial charge >= 0.3 is 0 Å². The number of alkyl halides is 2. The summed E-state index contributed by atoms with van der Waals surface area (Å²) in [5.74, 6) is -1.75. The number of nitrogens with zero attached hydrogens (tertiary/aromatic N) is 1. The maximum absolute atomic E-state index is 13.5. The zero-order valence-electron chi connectivity index (χ0n) is 25.1. The van der Waals surface area contributed by atoms with Crippen molar-refractivity contribution in [3.05, 3.63) is 91.8 Å². The van der Waals surface area contributed by atoms with Crippen LogP contribution in [0.4, 0.5) is 8.78 Å². The van der Waals surface area contributed by atoms with Gasteiger partial charge in [0.25, 0.3) is 11.8 Å². The molecule has 2 fully saturated rings. The topological polar surface area (TPSA) is 49.4 Å². The van der Waals surface area contributed by atoms with Crippen molar-refractivity contribution in [1.82, 2.24) is 10.2 Å². The predicted octanol–water partition coefficient (Wildman–Crippen LogP) is 6.64. The average molecular weight is 607 g/mol. The number of halogens is 3. The van der Waals surface area contributed by atoms with Gasteiger partial charge < -0.3 is 5.32 Å². The van der Waals surface area contributed by atoms with Crippen molar-refractivity contribution in [2.24, 2.45) is 11.8 Å². The minimum atomic E-state index is -2.62. The van der Waals surface area contributed by atoms with Gasteiger partial charge in [-0.05, 0) is 110 Å². The van der Waals surface area contributed by atoms with Gasteiger partial charge in [0.1, 0.15) is 0 Å². The lowest BCUT2D eigenvalue weighted by atomic mass is 9.87. The zero-order chi connectivity index (χ0) is 30.6. The first-order valence-electron chi connectivity index (χ1n) is 15.5. The fourth-order valence-corrected chi connectivity index (χ4v) is 6.68. The molecule has 2 atom stereocenters. The minimum absolute atomic E-state index is 0.0483. The van der Waals surface area contributed by atoms with Gasteiger partial charge in [-0.1, -0.05) is 54.0 Å². The standard InChI is InChI=1S/C36H41ClF2N2O2/c1-24-3-7-29-12-16-33(35(43)40-18-20-41-19-17-36(38,39)23-41)25(2)32(29)15-11-28(24)8-6-26-4-5-27(21-26)22-34(42)30-9-13-31(37)14-10-30/h7,9-16,22,24,26H,3-6,8,17-21,23H2,1-2H3,(H,40,43). The Morgan fingerprint density at radius 2 is 1.93 bits per heavy atom. The number of ketones is 1. The van der Waals surface area contributed by atoms with Crippen molar-refractivity contribution in [3.63, 3.8) is 0 Å². The molecule has 5 rings (SSSR count). The Morgan fingerprint density at radius 3 is 2.67 bits per heavy atom. The highest BCUT2D eigenvalue weighted by Gasteiger charge is 2.37. The smallest absolute Gasteiger partial charge is 0.261 e. The van der Waals surface area contributed by atoms with Gasteiger partial charge in [0.2, 0.25) is 0 Å². The van der Waals surface area contributed by atoms with Crippen molar-refractivity contribution in [2.75, 3.05) is 26.2 Å². The Bertz CT molecular complexity index is 1540. The maximum atomic E-state index is 13.5. The van der Waals surface area contributed by atoms with E-state index in [-0.39, 0.29) is 24.7 Å². The molecule has 2 aromatic carbocycles. The quantitative estimate of drug-likeness (QED) is 0.257. The highest BCUT2D eigenvalue weighted by molar-refractivity contribution is 6.30. The van der Waals surface area contributed by atoms with E-state index in [9.17, 15) is 18.4 Å². The third kappa shape index (κ3) is 8.10. The van der Waals surface area contributed by atoms with Gasteiger partial charge in [-0.3, -0.25) is 14.5 Å². The Balaban J connectivity index is 1.20. The first kappa shape index (κ1) is 31.3. The molecule has 0 bridgehead atoms. The Morgan fingerprint density at radius 1 is 1.14 bits per heavy atom. The van der Waals surface area contributed by atoms with Gasteiger partial charge in [0.15, 0.2) is 5.78 Å². The molecule has 0 radical (unpaired) electrons. The lowest BCUT2D eigenvalue weighted by Crippen LogP contribution is -2.37. The van der Waals surface area contributed by atoms with Crippen molar-refractivity contribution in [1.29, 1.82) is 0 Å². The summed E-state index contributed by atoms with van der Waals surface area (Å²) in [7, 11) is 0. The van der Waals surface area contributed by atoms with Crippen molar-refractivity contribution in [3.8, 4) is 0 Å². The van der Waals surface area contributed by atoms with Crippen LogP contribution in [-0.4, -0.2) is 48.7 Å². The monoisotopic (exact) mass is 606 g/mol. The fourth-order valence-electron chi connectivity index (χ4n) is 6.55. The molecule has 43 heavy (non-hydrogen) atoms. The summed E-state index contributed by atoms with van der Waals surface area (Å²) in [5.41, 5.74) is 4.87. The Labute approximate surface area is 258 Å². The number of benzene rings is 2. The number of fused-ring (bicyclic) bond motifs is 1. The molecule has 1 heterocycles. The highest BCUT2D eigenvalue weighted by Crippen LogP contribution is 2.35. The second-order valence-corrected chi connectivity index (χ2v) is 12.9. The van der Waals surface area contributed by atoms with E-state index < -0.39 is 5.92 Å². The molecule has 4 nitrogen and oxygen atoms in total. The number of amides is 1. The third-order valence-electron chi connectivity index (χ3n) is 9.27. The Hall–Kier alpha value is -3.09. The van der Waals surface area contributed by atoms with Crippen LogP contribution in [0.3, 0.4) is 0 Å². The molecular weight excluding hydrogens is 566 g/mol. The molecule has 0 spiro atoms. The normalized spacial score (nSPS) is 22.6. The van der Waals surface area contributed by atoms with Crippen molar-refractivity contribution >= 4 is 35.4 Å². The van der Waals surface area contributed by atoms with E-state index >= 15 is 0 Å². The molecule has 2 aromatic rings. The first-order chi connectivity index (χ1) is 20.6. The van der Waals surface area contributed by atoms with E-state index in [0.29, 0.717) is 47.6 Å². The number of hydrogen-bond donors (Lipinski definition) is 1. The molecule has 1 amide bonds. The van der Waals surface area contributed by atoms with Crippen LogP contribution >= 0.6 is 11.6 Å². The number of hydrogen-bond acceptors (Lipinski definition) is 3. The van der Waals surface area contributed by atoms with Crippen molar-refractivity contribution in [2.45, 2.75) is 64.7 Å². The van der Waals surface area contributed by atoms with E-state index in [0.717, 1.165) is 54.5 Å². The molecule has 1 aliphatic heterocycles. The van der Waals surface area contributed by atoms with Crippen molar-refractivity contribution < 1.29 is 18.4 Å². The molecule has 2 unspecified atom stereocenters. The van der Waals surface area contributed by atoms with Crippen LogP contribution in [0.1, 0.15) is 78.1 Å². The van der Waals surface area contributed by atoms with Crippen LogP contribution in [0.2, 0.25) is 5.02 Å². The Kier molecular flexibility index (Phi) is 9.98. The highest BCUT2D eigenvalue weighted by atomic mass is 35.5. The molecular formula is C36H41ClF2N2O2. The largest absolute Gasteiger partial charge is 0.351 e. The second kappa shape index (κ2) is 13.7. The van der Waals surface area contributed by atoms with Crippen LogP contribution < -0.4 is 15.8 Å². The van der Waals surface area contributed by atoms with Crippen LogP contribution in [0.5, 0.6) is 0 Å². The fraction of sp³-hybridized carbons (Fsp3) is 0.444. The molecule has 1 N–H and O–H groups in total. The van der Waals surface area contributed by atoms with Gasteiger partial charge in [-0.2, -0.15) is 0 Å². The molecule has 228 valence electrons. The van der Waals surface area contributed by atoms with Crippen LogP contribution in [0.15, 0.2) is 59.7 Å². The lowest BCUT2D eigenvalue weighted by molar-refractivity contribution is 0.0124. The number of rotatable bonds is 9. The second-order valence-electron chi connectivity index (χ2n) is 12.4. The maximum Gasteiger partial charge on any atom is 0.261 e. The summed E-state index contributed by atoms with van der Waals surface area (Å²) < 4.78 is 26.9. The summed E-state index contributed by atoms with van der Waals surface area (Å²) in [5, 5.41) is 5.75. The summed E-state index contributed by atoms with van der Waals surface area (Å²) in [6.07, 6.45) is 14.5. The number of nitrogens with one attached hydrogen (secondary N) is 1. The van der Waals surface area contributed by atoms with Crippen LogP contribution in [-0.2, 0) is 0 Å². The molecule has 1 saturated heterocycles. The molecule has 1 saturated carbocycles. The van der Waals surface area contributed by atoms with E-state index in [1.165, 1.54) is 11.1 Å².